The molecule has 10 heteroatoms. The van der Waals surface area contributed by atoms with Crippen LogP contribution in [0, 0.1) is 0 Å². The zero-order chi connectivity index (χ0) is 51.3. The van der Waals surface area contributed by atoms with Crippen molar-refractivity contribution in [3.8, 4) is 0 Å². The molecule has 0 fully saturated rings. The van der Waals surface area contributed by atoms with Gasteiger partial charge >= 0.3 is 19.8 Å². The maximum atomic E-state index is 12.8. The summed E-state index contributed by atoms with van der Waals surface area (Å²) in [6.45, 7) is 4.24. The van der Waals surface area contributed by atoms with Crippen LogP contribution in [-0.2, 0) is 32.7 Å². The average Bonchev–Trinajstić information content (AvgIpc) is 3.32. The van der Waals surface area contributed by atoms with Gasteiger partial charge in [0.15, 0.2) is 6.10 Å². The van der Waals surface area contributed by atoms with Crippen LogP contribution >= 0.6 is 7.82 Å². The van der Waals surface area contributed by atoms with Crippen molar-refractivity contribution < 1.29 is 42.1 Å². The van der Waals surface area contributed by atoms with E-state index in [9.17, 15) is 19.0 Å². The molecule has 400 valence electrons. The Bertz CT molecular complexity index is 1550. The molecule has 0 heterocycles. The highest BCUT2D eigenvalue weighted by Gasteiger charge is 2.27. The number of hydrogen-bond donors (Lipinski definition) is 1. The molecule has 0 saturated heterocycles. The summed E-state index contributed by atoms with van der Waals surface area (Å²) in [5.41, 5.74) is 0. The van der Waals surface area contributed by atoms with E-state index in [1.54, 1.807) is 0 Å². The van der Waals surface area contributed by atoms with E-state index in [2.05, 4.69) is 123 Å². The maximum Gasteiger partial charge on any atom is 0.472 e. The highest BCUT2D eigenvalue weighted by molar-refractivity contribution is 7.47. The van der Waals surface area contributed by atoms with Crippen LogP contribution < -0.4 is 0 Å². The Hall–Kier alpha value is -3.33. The minimum absolute atomic E-state index is 0.0162. The van der Waals surface area contributed by atoms with Crippen LogP contribution in [0.1, 0.15) is 206 Å². The number of nitrogens with zero attached hydrogens (tertiary/aromatic N) is 1. The zero-order valence-corrected chi connectivity index (χ0v) is 46.1. The van der Waals surface area contributed by atoms with E-state index in [4.69, 9.17) is 18.5 Å². The lowest BCUT2D eigenvalue weighted by Gasteiger charge is -2.24. The monoisotopic (exact) mass is 997 g/mol. The Kier molecular flexibility index (Phi) is 48.2. The number of unbranched alkanes of at least 4 members (excludes halogenated alkanes) is 17. The topological polar surface area (TPSA) is 108 Å². The van der Waals surface area contributed by atoms with Crippen molar-refractivity contribution in [1.82, 2.24) is 0 Å². The Morgan fingerprint density at radius 2 is 0.814 bits per heavy atom. The summed E-state index contributed by atoms with van der Waals surface area (Å²) in [5, 5.41) is 0. The summed E-state index contributed by atoms with van der Waals surface area (Å²) in [7, 11) is 1.43. The molecule has 0 spiro atoms. The number of likely N-dealkylation sites (N-methyl/N-ethyl adjacent to an activating group) is 1. The van der Waals surface area contributed by atoms with Crippen LogP contribution in [0.2, 0.25) is 0 Å². The third kappa shape index (κ3) is 54.0. The summed E-state index contributed by atoms with van der Waals surface area (Å²) in [4.78, 5) is 35.6. The molecular formula is C60H103NO8P+. The fourth-order valence-corrected chi connectivity index (χ4v) is 7.77. The lowest BCUT2D eigenvalue weighted by molar-refractivity contribution is -0.870. The minimum Gasteiger partial charge on any atom is -0.462 e. The largest absolute Gasteiger partial charge is 0.472 e. The first kappa shape index (κ1) is 66.7. The molecule has 0 saturated carbocycles. The first-order chi connectivity index (χ1) is 34.0. The molecule has 1 N–H and O–H groups in total. The molecule has 2 atom stereocenters. The second-order valence-electron chi connectivity index (χ2n) is 19.2. The molecule has 0 aromatic heterocycles. The van der Waals surface area contributed by atoms with Crippen LogP contribution in [0.4, 0.5) is 0 Å². The highest BCUT2D eigenvalue weighted by Crippen LogP contribution is 2.43. The number of quaternary nitrogens is 1. The van der Waals surface area contributed by atoms with E-state index in [1.807, 2.05) is 21.1 Å². The van der Waals surface area contributed by atoms with Crippen molar-refractivity contribution in [2.24, 2.45) is 0 Å². The summed E-state index contributed by atoms with van der Waals surface area (Å²) < 4.78 is 34.5. The molecule has 0 aliphatic carbocycles. The third-order valence-corrected chi connectivity index (χ3v) is 12.3. The number of ether oxygens (including phenoxy) is 2. The number of allylic oxidation sites excluding steroid dienone is 18. The van der Waals surface area contributed by atoms with Crippen LogP contribution in [0.3, 0.4) is 0 Å². The standard InChI is InChI=1S/C60H102NO8P/c1-6-8-10-12-14-16-18-20-22-24-26-28-29-30-31-33-34-36-38-40-42-44-46-48-50-52-59(62)66-56-58(57-68-70(64,65)67-55-54-61(3,4)5)69-60(63)53-51-49-47-45-43-41-39-37-35-32-27-25-23-21-19-17-15-13-11-9-7-2/h9,11,15,17-18,20-21,23-24,26-27,29-30,32,37,39,43,45,58H,6-8,10,12-14,16,19,22,25,28,31,33-36,38,40-42,44,46-57H2,1-5H3/p+1/b11-9-,17-15-,20-18-,23-21-,26-24-,30-29-,32-27-,39-37-,45-43-. The molecule has 0 bridgehead atoms. The van der Waals surface area contributed by atoms with Crippen LogP contribution in [0.15, 0.2) is 109 Å². The average molecular weight is 997 g/mol. The van der Waals surface area contributed by atoms with Gasteiger partial charge in [0, 0.05) is 12.8 Å². The Labute approximate surface area is 429 Å². The van der Waals surface area contributed by atoms with E-state index in [-0.39, 0.29) is 32.0 Å². The van der Waals surface area contributed by atoms with Gasteiger partial charge in [-0.15, -0.1) is 0 Å². The van der Waals surface area contributed by atoms with E-state index in [0.717, 1.165) is 96.3 Å². The fourth-order valence-electron chi connectivity index (χ4n) is 7.02. The molecular weight excluding hydrogens is 894 g/mol. The molecule has 70 heavy (non-hydrogen) atoms. The molecule has 0 radical (unpaired) electrons. The molecule has 2 unspecified atom stereocenters. The number of hydrogen-bond acceptors (Lipinski definition) is 7. The van der Waals surface area contributed by atoms with Crippen LogP contribution in [-0.4, -0.2) is 74.9 Å². The van der Waals surface area contributed by atoms with Gasteiger partial charge in [-0.05, 0) is 103 Å². The lowest BCUT2D eigenvalue weighted by atomic mass is 10.1. The summed E-state index contributed by atoms with van der Waals surface area (Å²) in [6.07, 6.45) is 70.1. The quantitative estimate of drug-likeness (QED) is 0.0211. The van der Waals surface area contributed by atoms with E-state index in [1.165, 1.54) is 77.0 Å². The van der Waals surface area contributed by atoms with E-state index < -0.39 is 26.5 Å². The number of phosphoric acid groups is 1. The van der Waals surface area contributed by atoms with Crippen molar-refractivity contribution in [3.63, 3.8) is 0 Å². The number of phosphoric ester groups is 1. The summed E-state index contributed by atoms with van der Waals surface area (Å²) in [6, 6.07) is 0. The van der Waals surface area contributed by atoms with Crippen molar-refractivity contribution in [1.29, 1.82) is 0 Å². The van der Waals surface area contributed by atoms with Crippen LogP contribution in [0.5, 0.6) is 0 Å². The molecule has 0 aromatic rings. The fraction of sp³-hybridized carbons (Fsp3) is 0.667. The Morgan fingerprint density at radius 1 is 0.457 bits per heavy atom. The van der Waals surface area contributed by atoms with Gasteiger partial charge in [0.05, 0.1) is 27.7 Å². The lowest BCUT2D eigenvalue weighted by Crippen LogP contribution is -2.37. The van der Waals surface area contributed by atoms with Gasteiger partial charge in [-0.2, -0.15) is 0 Å². The molecule has 0 rings (SSSR count). The van der Waals surface area contributed by atoms with Crippen molar-refractivity contribution in [3.05, 3.63) is 109 Å². The maximum absolute atomic E-state index is 12.8. The van der Waals surface area contributed by atoms with Gasteiger partial charge in [-0.25, -0.2) is 4.57 Å². The summed E-state index contributed by atoms with van der Waals surface area (Å²) >= 11 is 0. The first-order valence-corrected chi connectivity index (χ1v) is 29.1. The zero-order valence-electron chi connectivity index (χ0n) is 45.2. The van der Waals surface area contributed by atoms with Crippen molar-refractivity contribution in [2.75, 3.05) is 47.5 Å². The molecule has 0 amide bonds. The van der Waals surface area contributed by atoms with Gasteiger partial charge in [-0.1, -0.05) is 200 Å². The second kappa shape index (κ2) is 50.6. The van der Waals surface area contributed by atoms with Crippen molar-refractivity contribution in [2.45, 2.75) is 213 Å². The van der Waals surface area contributed by atoms with Gasteiger partial charge in [0.25, 0.3) is 0 Å². The predicted octanol–water partition coefficient (Wildman–Crippen LogP) is 17.0. The summed E-state index contributed by atoms with van der Waals surface area (Å²) in [5.74, 6) is -0.860. The van der Waals surface area contributed by atoms with E-state index in [0.29, 0.717) is 17.4 Å². The number of esters is 2. The molecule has 0 aromatic carbocycles. The van der Waals surface area contributed by atoms with E-state index >= 15 is 0 Å². The van der Waals surface area contributed by atoms with Crippen molar-refractivity contribution >= 4 is 19.8 Å². The second-order valence-corrected chi connectivity index (χ2v) is 20.7. The van der Waals surface area contributed by atoms with Gasteiger partial charge in [0.1, 0.15) is 19.8 Å². The van der Waals surface area contributed by atoms with Gasteiger partial charge in [0.2, 0.25) is 0 Å². The number of carbonyl (C=O) groups excluding carboxylic acids is 2. The molecule has 0 aliphatic heterocycles. The Morgan fingerprint density at radius 3 is 1.24 bits per heavy atom. The Balaban J connectivity index is 4.31. The SMILES string of the molecule is CC/C=C\C/C=C\C/C=C\C/C=C\C/C=C\C/C=C\CCCCC(=O)OC(COC(=O)CCCCCCCCCCCC/C=C\C/C=C\C/C=C\CCCCCCC)COP(=O)(O)OCC[N+](C)(C)C. The molecule has 9 nitrogen and oxygen atoms in total. The normalized spacial score (nSPS) is 14.2. The number of rotatable bonds is 49. The smallest absolute Gasteiger partial charge is 0.462 e. The highest BCUT2D eigenvalue weighted by atomic mass is 31.2. The minimum atomic E-state index is -4.41. The predicted molar refractivity (Wildman–Crippen MR) is 298 cm³/mol. The van der Waals surface area contributed by atoms with Crippen LogP contribution in [0.25, 0.3) is 0 Å². The third-order valence-electron chi connectivity index (χ3n) is 11.3. The number of carbonyl (C=O) groups is 2. The molecule has 0 aliphatic rings. The van der Waals surface area contributed by atoms with Gasteiger partial charge < -0.3 is 18.9 Å². The first-order valence-electron chi connectivity index (χ1n) is 27.6. The van der Waals surface area contributed by atoms with Gasteiger partial charge in [-0.3, -0.25) is 18.6 Å².